The van der Waals surface area contributed by atoms with E-state index in [2.05, 4.69) is 4.99 Å². The minimum Gasteiger partial charge on any atom is -0.493 e. The minimum atomic E-state index is -0.786. The third kappa shape index (κ3) is 6.17. The quantitative estimate of drug-likeness (QED) is 0.328. The Labute approximate surface area is 243 Å². The predicted molar refractivity (Wildman–Crippen MR) is 158 cm³/mol. The highest BCUT2D eigenvalue weighted by molar-refractivity contribution is 7.07. The molecule has 0 radical (unpaired) electrons. The van der Waals surface area contributed by atoms with E-state index in [1.165, 1.54) is 15.9 Å². The van der Waals surface area contributed by atoms with Crippen LogP contribution in [0.2, 0.25) is 0 Å². The summed E-state index contributed by atoms with van der Waals surface area (Å²) in [7, 11) is 3.13. The predicted octanol–water partition coefficient (Wildman–Crippen LogP) is 4.39. The third-order valence-electron chi connectivity index (χ3n) is 6.25. The van der Waals surface area contributed by atoms with Gasteiger partial charge in [0.2, 0.25) is 0 Å². The first kappa shape index (κ1) is 29.9. The summed E-state index contributed by atoms with van der Waals surface area (Å²) in [4.78, 5) is 32.4. The molecular formula is C31H36N2O7S. The Balaban J connectivity index is 1.96. The summed E-state index contributed by atoms with van der Waals surface area (Å²) in [6, 6.07) is 10.1. The van der Waals surface area contributed by atoms with E-state index in [1.54, 1.807) is 46.3 Å². The summed E-state index contributed by atoms with van der Waals surface area (Å²) in [5.41, 5.74) is 1.82. The Kier molecular flexibility index (Phi) is 9.22. The zero-order valence-electron chi connectivity index (χ0n) is 24.6. The molecule has 2 heterocycles. The number of benzene rings is 2. The van der Waals surface area contributed by atoms with E-state index in [0.29, 0.717) is 49.2 Å². The fraction of sp³-hybridized carbons (Fsp3) is 0.387. The van der Waals surface area contributed by atoms with Crippen LogP contribution in [0.3, 0.4) is 0 Å². The lowest BCUT2D eigenvalue weighted by Gasteiger charge is -2.25. The van der Waals surface area contributed by atoms with E-state index in [0.717, 1.165) is 0 Å². The standard InChI is InChI=1S/C31H36N2O7S/c1-9-38-30(35)26-19(6)32-31-33(27(26)20-13-14-22(39-17(2)3)24(15-20)37-8)29(34)25(41-31)16-21-11-10-12-23(36-7)28(21)40-18(4)5/h10-18,27H,9H2,1-8H3/b25-16+/t27-/m1/s1. The molecule has 0 unspecified atom stereocenters. The van der Waals surface area contributed by atoms with Crippen LogP contribution in [0, 0.1) is 0 Å². The van der Waals surface area contributed by atoms with Gasteiger partial charge in [-0.05, 0) is 71.4 Å². The molecule has 1 aliphatic heterocycles. The van der Waals surface area contributed by atoms with Gasteiger partial charge in [-0.1, -0.05) is 29.5 Å². The number of esters is 1. The van der Waals surface area contributed by atoms with E-state index < -0.39 is 12.0 Å². The molecule has 41 heavy (non-hydrogen) atoms. The van der Waals surface area contributed by atoms with Crippen molar-refractivity contribution in [3.05, 3.63) is 78.5 Å². The van der Waals surface area contributed by atoms with E-state index in [4.69, 9.17) is 23.7 Å². The minimum absolute atomic E-state index is 0.0640. The van der Waals surface area contributed by atoms with Crippen LogP contribution in [0.25, 0.3) is 6.08 Å². The van der Waals surface area contributed by atoms with E-state index >= 15 is 0 Å². The molecule has 4 rings (SSSR count). The summed E-state index contributed by atoms with van der Waals surface area (Å²) in [6.45, 7) is 11.4. The Bertz CT molecular complexity index is 1650. The molecule has 1 aromatic heterocycles. The molecular weight excluding hydrogens is 544 g/mol. The monoisotopic (exact) mass is 580 g/mol. The number of ether oxygens (including phenoxy) is 5. The van der Waals surface area contributed by atoms with Gasteiger partial charge >= 0.3 is 5.97 Å². The number of carbonyl (C=O) groups excluding carboxylic acids is 1. The fourth-order valence-electron chi connectivity index (χ4n) is 4.62. The average Bonchev–Trinajstić information content (AvgIpc) is 3.22. The zero-order chi connectivity index (χ0) is 29.8. The van der Waals surface area contributed by atoms with Gasteiger partial charge in [0, 0.05) is 5.56 Å². The number of methoxy groups -OCH3 is 2. The van der Waals surface area contributed by atoms with E-state index in [-0.39, 0.29) is 29.9 Å². The summed E-state index contributed by atoms with van der Waals surface area (Å²) >= 11 is 1.24. The summed E-state index contributed by atoms with van der Waals surface area (Å²) in [5, 5.41) is 0. The first-order valence-corrected chi connectivity index (χ1v) is 14.3. The molecule has 10 heteroatoms. The van der Waals surface area contributed by atoms with Crippen molar-refractivity contribution < 1.29 is 28.5 Å². The molecule has 3 aromatic rings. The smallest absolute Gasteiger partial charge is 0.338 e. The van der Waals surface area contributed by atoms with Crippen LogP contribution >= 0.6 is 11.3 Å². The maximum atomic E-state index is 14.1. The van der Waals surface area contributed by atoms with Crippen LogP contribution in [0.15, 0.2) is 57.5 Å². The van der Waals surface area contributed by atoms with Crippen molar-refractivity contribution in [3.8, 4) is 23.0 Å². The molecule has 0 saturated carbocycles. The van der Waals surface area contributed by atoms with Crippen LogP contribution in [0.5, 0.6) is 23.0 Å². The Morgan fingerprint density at radius 3 is 2.37 bits per heavy atom. The number of rotatable bonds is 10. The molecule has 1 atom stereocenters. The molecule has 0 spiro atoms. The van der Waals surface area contributed by atoms with Gasteiger partial charge in [0.05, 0.1) is 54.9 Å². The van der Waals surface area contributed by atoms with Gasteiger partial charge in [0.25, 0.3) is 5.56 Å². The lowest BCUT2D eigenvalue weighted by atomic mass is 9.95. The summed E-state index contributed by atoms with van der Waals surface area (Å²) in [5.74, 6) is 1.63. The number of thiazole rings is 1. The molecule has 218 valence electrons. The Hall–Kier alpha value is -4.05. The van der Waals surface area contributed by atoms with Gasteiger partial charge < -0.3 is 23.7 Å². The van der Waals surface area contributed by atoms with Crippen molar-refractivity contribution in [2.24, 2.45) is 4.99 Å². The van der Waals surface area contributed by atoms with Crippen molar-refractivity contribution in [1.82, 2.24) is 4.57 Å². The first-order chi connectivity index (χ1) is 19.6. The molecule has 0 bridgehead atoms. The van der Waals surface area contributed by atoms with Gasteiger partial charge in [-0.2, -0.15) is 0 Å². The molecule has 9 nitrogen and oxygen atoms in total. The lowest BCUT2D eigenvalue weighted by molar-refractivity contribution is -0.139. The van der Waals surface area contributed by atoms with Crippen LogP contribution in [-0.4, -0.2) is 43.6 Å². The molecule has 0 N–H and O–H groups in total. The number of allylic oxidation sites excluding steroid dienone is 1. The molecule has 0 aliphatic carbocycles. The SMILES string of the molecule is CCOC(=O)C1=C(C)N=c2s/c(=C/c3cccc(OC)c3OC(C)C)c(=O)n2[C@@H]1c1ccc(OC(C)C)c(OC)c1. The van der Waals surface area contributed by atoms with Crippen molar-refractivity contribution in [1.29, 1.82) is 0 Å². The first-order valence-electron chi connectivity index (χ1n) is 13.5. The lowest BCUT2D eigenvalue weighted by Crippen LogP contribution is -2.40. The number of hydrogen-bond acceptors (Lipinski definition) is 9. The number of nitrogens with zero attached hydrogens (tertiary/aromatic N) is 2. The summed E-state index contributed by atoms with van der Waals surface area (Å²) < 4.78 is 30.5. The number of carbonyl (C=O) groups is 1. The molecule has 1 aliphatic rings. The van der Waals surface area contributed by atoms with Gasteiger partial charge in [-0.15, -0.1) is 0 Å². The molecule has 2 aromatic carbocycles. The third-order valence-corrected chi connectivity index (χ3v) is 7.24. The second-order valence-corrected chi connectivity index (χ2v) is 10.9. The maximum absolute atomic E-state index is 14.1. The second kappa shape index (κ2) is 12.6. The van der Waals surface area contributed by atoms with Crippen molar-refractivity contribution in [2.75, 3.05) is 20.8 Å². The van der Waals surface area contributed by atoms with Crippen LogP contribution in [0.4, 0.5) is 0 Å². The van der Waals surface area contributed by atoms with E-state index in [9.17, 15) is 9.59 Å². The fourth-order valence-corrected chi connectivity index (χ4v) is 5.66. The van der Waals surface area contributed by atoms with Crippen LogP contribution in [0.1, 0.15) is 58.7 Å². The topological polar surface area (TPSA) is 97.6 Å². The molecule has 0 fully saturated rings. The second-order valence-electron chi connectivity index (χ2n) is 9.92. The van der Waals surface area contributed by atoms with Gasteiger partial charge in [-0.25, -0.2) is 9.79 Å². The molecule has 0 amide bonds. The maximum Gasteiger partial charge on any atom is 0.338 e. The Morgan fingerprint density at radius 1 is 1.02 bits per heavy atom. The van der Waals surface area contributed by atoms with Crippen molar-refractivity contribution in [2.45, 2.75) is 59.8 Å². The highest BCUT2D eigenvalue weighted by Gasteiger charge is 2.34. The van der Waals surface area contributed by atoms with E-state index in [1.807, 2.05) is 52.0 Å². The number of aromatic nitrogens is 1. The largest absolute Gasteiger partial charge is 0.493 e. The summed E-state index contributed by atoms with van der Waals surface area (Å²) in [6.07, 6.45) is 1.60. The molecule has 0 saturated heterocycles. The number of para-hydroxylation sites is 1. The van der Waals surface area contributed by atoms with Crippen LogP contribution in [-0.2, 0) is 9.53 Å². The van der Waals surface area contributed by atoms with Gasteiger partial charge in [0.1, 0.15) is 0 Å². The average molecular weight is 581 g/mol. The number of fused-ring (bicyclic) bond motifs is 1. The zero-order valence-corrected chi connectivity index (χ0v) is 25.5. The number of hydrogen-bond donors (Lipinski definition) is 0. The van der Waals surface area contributed by atoms with Crippen molar-refractivity contribution >= 4 is 23.4 Å². The highest BCUT2D eigenvalue weighted by atomic mass is 32.1. The van der Waals surface area contributed by atoms with Gasteiger partial charge in [0.15, 0.2) is 27.8 Å². The van der Waals surface area contributed by atoms with Crippen molar-refractivity contribution in [3.63, 3.8) is 0 Å². The Morgan fingerprint density at radius 2 is 1.73 bits per heavy atom. The normalized spacial score (nSPS) is 15.1. The van der Waals surface area contributed by atoms with Gasteiger partial charge in [-0.3, -0.25) is 9.36 Å². The highest BCUT2D eigenvalue weighted by Crippen LogP contribution is 2.37. The van der Waals surface area contributed by atoms with Crippen LogP contribution < -0.4 is 33.8 Å².